The number of nitrogens with zero attached hydrogens (tertiary/aromatic N) is 1. The lowest BCUT2D eigenvalue weighted by molar-refractivity contribution is -0.133. The molecule has 2 aromatic rings. The standard InChI is InChI=1S/C25H34N2O5S/c1-3-4-17-32-23-11-9-22(10-12-23)19-33(30,31)25(24(28)26-29)13-15-27(16-14-25)18-21-7-5-20(2)6-8-21/h5-12,29H,3-4,13-19H2,1-2H3,(H,26,28). The number of carbonyl (C=O) groups excluding carboxylic acids is 1. The van der Waals surface area contributed by atoms with Crippen molar-refractivity contribution >= 4 is 15.7 Å². The van der Waals surface area contributed by atoms with Crippen LogP contribution in [0.1, 0.15) is 49.3 Å². The van der Waals surface area contributed by atoms with E-state index in [4.69, 9.17) is 4.74 Å². The second kappa shape index (κ2) is 11.1. The Hall–Kier alpha value is -2.42. The highest BCUT2D eigenvalue weighted by atomic mass is 32.2. The number of rotatable bonds is 10. The number of sulfone groups is 1. The van der Waals surface area contributed by atoms with Crippen molar-refractivity contribution in [2.75, 3.05) is 19.7 Å². The summed E-state index contributed by atoms with van der Waals surface area (Å²) in [5.74, 6) is -0.429. The Bertz CT molecular complexity index is 1010. The van der Waals surface area contributed by atoms with Gasteiger partial charge in [0.1, 0.15) is 5.75 Å². The number of amides is 1. The largest absolute Gasteiger partial charge is 0.494 e. The van der Waals surface area contributed by atoms with Crippen LogP contribution in [0.15, 0.2) is 48.5 Å². The average Bonchev–Trinajstić information content (AvgIpc) is 2.81. The maximum atomic E-state index is 13.5. The van der Waals surface area contributed by atoms with Crippen molar-refractivity contribution in [2.45, 2.75) is 56.6 Å². The summed E-state index contributed by atoms with van der Waals surface area (Å²) in [7, 11) is -3.88. The monoisotopic (exact) mass is 474 g/mol. The second-order valence-electron chi connectivity index (χ2n) is 8.80. The fourth-order valence-corrected chi connectivity index (χ4v) is 6.22. The lowest BCUT2D eigenvalue weighted by atomic mass is 9.94. The van der Waals surface area contributed by atoms with Crippen molar-refractivity contribution in [3.05, 3.63) is 65.2 Å². The molecule has 1 fully saturated rings. The highest BCUT2D eigenvalue weighted by molar-refractivity contribution is 7.92. The first-order chi connectivity index (χ1) is 15.8. The van der Waals surface area contributed by atoms with Crippen molar-refractivity contribution in [1.82, 2.24) is 10.4 Å². The summed E-state index contributed by atoms with van der Waals surface area (Å²) in [6.07, 6.45) is 2.25. The van der Waals surface area contributed by atoms with Crippen LogP contribution in [0.3, 0.4) is 0 Å². The minimum absolute atomic E-state index is 0.131. The van der Waals surface area contributed by atoms with Crippen LogP contribution in [-0.2, 0) is 26.9 Å². The predicted molar refractivity (Wildman–Crippen MR) is 128 cm³/mol. The van der Waals surface area contributed by atoms with Crippen molar-refractivity contribution in [1.29, 1.82) is 0 Å². The van der Waals surface area contributed by atoms with Crippen LogP contribution in [0.4, 0.5) is 0 Å². The topological polar surface area (TPSA) is 95.9 Å². The van der Waals surface area contributed by atoms with Crippen molar-refractivity contribution in [2.24, 2.45) is 0 Å². The molecular weight excluding hydrogens is 440 g/mol. The van der Waals surface area contributed by atoms with Gasteiger partial charge in [-0.15, -0.1) is 0 Å². The molecule has 2 aromatic carbocycles. The summed E-state index contributed by atoms with van der Waals surface area (Å²) >= 11 is 0. The van der Waals surface area contributed by atoms with Crippen LogP contribution in [0.5, 0.6) is 5.75 Å². The fraction of sp³-hybridized carbons (Fsp3) is 0.480. The Kier molecular flexibility index (Phi) is 8.51. The molecule has 0 bridgehead atoms. The van der Waals surface area contributed by atoms with Gasteiger partial charge in [-0.05, 0) is 49.4 Å². The lowest BCUT2D eigenvalue weighted by Gasteiger charge is -2.39. The molecule has 2 N–H and O–H groups in total. The van der Waals surface area contributed by atoms with E-state index in [1.807, 2.05) is 19.1 Å². The van der Waals surface area contributed by atoms with Crippen LogP contribution in [-0.4, -0.2) is 48.9 Å². The van der Waals surface area contributed by atoms with Gasteiger partial charge in [-0.2, -0.15) is 0 Å². The molecule has 33 heavy (non-hydrogen) atoms. The fourth-order valence-electron chi connectivity index (χ4n) is 4.18. The molecule has 0 aromatic heterocycles. The summed E-state index contributed by atoms with van der Waals surface area (Å²) in [6, 6.07) is 15.2. The number of aryl methyl sites for hydroxylation is 1. The number of hydrogen-bond acceptors (Lipinski definition) is 6. The van der Waals surface area contributed by atoms with Crippen molar-refractivity contribution < 1.29 is 23.2 Å². The molecular formula is C25H34N2O5S. The number of unbranched alkanes of at least 4 members (excludes halogenated alkanes) is 1. The van der Waals surface area contributed by atoms with Gasteiger partial charge >= 0.3 is 0 Å². The second-order valence-corrected chi connectivity index (χ2v) is 11.1. The predicted octanol–water partition coefficient (Wildman–Crippen LogP) is 3.63. The highest BCUT2D eigenvalue weighted by Gasteiger charge is 2.51. The van der Waals surface area contributed by atoms with Gasteiger partial charge in [0.15, 0.2) is 14.6 Å². The Labute approximate surface area is 196 Å². The Balaban J connectivity index is 1.69. The van der Waals surface area contributed by atoms with Gasteiger partial charge in [-0.1, -0.05) is 55.3 Å². The third-order valence-electron chi connectivity index (χ3n) is 6.35. The molecule has 7 nitrogen and oxygen atoms in total. The van der Waals surface area contributed by atoms with E-state index < -0.39 is 20.5 Å². The van der Waals surface area contributed by atoms with E-state index in [9.17, 15) is 18.4 Å². The summed E-state index contributed by atoms with van der Waals surface area (Å²) < 4.78 is 30.9. The zero-order valence-corrected chi connectivity index (χ0v) is 20.2. The van der Waals surface area contributed by atoms with E-state index >= 15 is 0 Å². The van der Waals surface area contributed by atoms with Gasteiger partial charge in [0.25, 0.3) is 5.91 Å². The normalized spacial score (nSPS) is 16.3. The molecule has 180 valence electrons. The van der Waals surface area contributed by atoms with Gasteiger partial charge in [-0.3, -0.25) is 14.9 Å². The zero-order chi connectivity index (χ0) is 23.9. The molecule has 0 aliphatic carbocycles. The first kappa shape index (κ1) is 25.2. The number of carbonyl (C=O) groups is 1. The zero-order valence-electron chi connectivity index (χ0n) is 19.4. The van der Waals surface area contributed by atoms with Crippen LogP contribution < -0.4 is 10.2 Å². The van der Waals surface area contributed by atoms with Gasteiger partial charge in [0, 0.05) is 19.6 Å². The molecule has 3 rings (SSSR count). The van der Waals surface area contributed by atoms with Gasteiger partial charge in [0.05, 0.1) is 12.4 Å². The number of ether oxygens (including phenoxy) is 1. The molecule has 1 heterocycles. The number of nitrogens with one attached hydrogen (secondary N) is 1. The SMILES string of the molecule is CCCCOc1ccc(CS(=O)(=O)C2(C(=O)NO)CCN(Cc3ccc(C)cc3)CC2)cc1. The first-order valence-electron chi connectivity index (χ1n) is 11.5. The number of benzene rings is 2. The molecule has 1 aliphatic heterocycles. The van der Waals surface area contributed by atoms with E-state index in [1.165, 1.54) is 5.56 Å². The van der Waals surface area contributed by atoms with Gasteiger partial charge < -0.3 is 4.74 Å². The molecule has 1 aliphatic rings. The molecule has 0 unspecified atom stereocenters. The number of piperidine rings is 1. The van der Waals surface area contributed by atoms with E-state index in [2.05, 4.69) is 24.0 Å². The Morgan fingerprint density at radius 3 is 2.24 bits per heavy atom. The molecule has 0 saturated carbocycles. The van der Waals surface area contributed by atoms with Crippen molar-refractivity contribution in [3.8, 4) is 5.75 Å². The maximum Gasteiger partial charge on any atom is 0.264 e. The lowest BCUT2D eigenvalue weighted by Crippen LogP contribution is -2.57. The molecule has 8 heteroatoms. The minimum atomic E-state index is -3.88. The molecule has 0 spiro atoms. The summed E-state index contributed by atoms with van der Waals surface area (Å²) in [6.45, 7) is 6.33. The summed E-state index contributed by atoms with van der Waals surface area (Å²) in [4.78, 5) is 14.8. The molecule has 0 radical (unpaired) electrons. The third kappa shape index (κ3) is 6.13. The van der Waals surface area contributed by atoms with E-state index in [1.54, 1.807) is 29.7 Å². The van der Waals surface area contributed by atoms with Crippen LogP contribution in [0.25, 0.3) is 0 Å². The van der Waals surface area contributed by atoms with Gasteiger partial charge in [0.2, 0.25) is 0 Å². The van der Waals surface area contributed by atoms with E-state index in [-0.39, 0.29) is 18.6 Å². The van der Waals surface area contributed by atoms with Crippen LogP contribution >= 0.6 is 0 Å². The van der Waals surface area contributed by atoms with Gasteiger partial charge in [-0.25, -0.2) is 13.9 Å². The van der Waals surface area contributed by atoms with Crippen LogP contribution in [0, 0.1) is 6.92 Å². The Morgan fingerprint density at radius 1 is 1.06 bits per heavy atom. The smallest absolute Gasteiger partial charge is 0.264 e. The third-order valence-corrected chi connectivity index (χ3v) is 8.85. The summed E-state index contributed by atoms with van der Waals surface area (Å²) in [5.41, 5.74) is 4.53. The summed E-state index contributed by atoms with van der Waals surface area (Å²) in [5, 5.41) is 9.35. The Morgan fingerprint density at radius 2 is 1.67 bits per heavy atom. The average molecular weight is 475 g/mol. The molecule has 0 atom stereocenters. The maximum absolute atomic E-state index is 13.5. The minimum Gasteiger partial charge on any atom is -0.494 e. The van der Waals surface area contributed by atoms with Crippen molar-refractivity contribution in [3.63, 3.8) is 0 Å². The molecule has 1 amide bonds. The van der Waals surface area contributed by atoms with E-state index in [0.717, 1.165) is 18.4 Å². The molecule has 1 saturated heterocycles. The first-order valence-corrected chi connectivity index (χ1v) is 13.1. The van der Waals surface area contributed by atoms with Crippen LogP contribution in [0.2, 0.25) is 0 Å². The van der Waals surface area contributed by atoms with E-state index in [0.29, 0.717) is 37.6 Å². The highest BCUT2D eigenvalue weighted by Crippen LogP contribution is 2.34. The number of likely N-dealkylation sites (tertiary alicyclic amines) is 1. The number of hydrogen-bond donors (Lipinski definition) is 2. The number of hydroxylamine groups is 1. The quantitative estimate of drug-likeness (QED) is 0.310.